The summed E-state index contributed by atoms with van der Waals surface area (Å²) in [7, 11) is -0.589. The van der Waals surface area contributed by atoms with Crippen molar-refractivity contribution in [1.29, 1.82) is 0 Å². The van der Waals surface area contributed by atoms with E-state index in [4.69, 9.17) is 0 Å². The molecular weight excluding hydrogens is 382 g/mol. The zero-order valence-electron chi connectivity index (χ0n) is 13.7. The van der Waals surface area contributed by atoms with E-state index in [1.165, 1.54) is 50.7 Å². The van der Waals surface area contributed by atoms with Crippen LogP contribution in [0.3, 0.4) is 0 Å². The molecule has 0 aromatic rings. The summed E-state index contributed by atoms with van der Waals surface area (Å²) in [6.07, 6.45) is 18.7. The van der Waals surface area contributed by atoms with Crippen LogP contribution in [0, 0.1) is 0 Å². The maximum absolute atomic E-state index is 2.36. The normalized spacial score (nSPS) is 11.4. The SMILES string of the molecule is CCCC[P+](CCCC)(CCCC)CCCSC.[I-]. The van der Waals surface area contributed by atoms with Crippen LogP contribution in [-0.2, 0) is 0 Å². The van der Waals surface area contributed by atoms with Crippen molar-refractivity contribution in [2.24, 2.45) is 0 Å². The van der Waals surface area contributed by atoms with Gasteiger partial charge in [0.2, 0.25) is 0 Å². The Morgan fingerprint density at radius 3 is 1.37 bits per heavy atom. The molecule has 0 radical (unpaired) electrons. The van der Waals surface area contributed by atoms with Crippen LogP contribution in [0.15, 0.2) is 0 Å². The Morgan fingerprint density at radius 1 is 0.684 bits per heavy atom. The molecule has 0 aromatic carbocycles. The lowest BCUT2D eigenvalue weighted by atomic mass is 10.4. The molecule has 0 heterocycles. The second kappa shape index (κ2) is 15.9. The smallest absolute Gasteiger partial charge is 0.0602 e. The zero-order valence-corrected chi connectivity index (χ0v) is 17.6. The van der Waals surface area contributed by atoms with Gasteiger partial charge in [0.25, 0.3) is 0 Å². The first kappa shape index (κ1) is 22.8. The minimum absolute atomic E-state index is 0. The Kier molecular flexibility index (Phi) is 19.1. The first-order valence-electron chi connectivity index (χ1n) is 8.08. The minimum Gasteiger partial charge on any atom is -1.00 e. The monoisotopic (exact) mass is 418 g/mol. The van der Waals surface area contributed by atoms with E-state index < -0.39 is 7.26 Å². The van der Waals surface area contributed by atoms with E-state index in [-0.39, 0.29) is 24.0 Å². The minimum atomic E-state index is -0.589. The molecule has 0 rings (SSSR count). The quantitative estimate of drug-likeness (QED) is 0.252. The molecular formula is C16H36IPS. The van der Waals surface area contributed by atoms with Crippen LogP contribution in [0.1, 0.15) is 65.7 Å². The summed E-state index contributed by atoms with van der Waals surface area (Å²) >= 11 is 2.03. The van der Waals surface area contributed by atoms with Gasteiger partial charge in [-0.3, -0.25) is 0 Å². The average molecular weight is 418 g/mol. The van der Waals surface area contributed by atoms with Crippen molar-refractivity contribution in [3.63, 3.8) is 0 Å². The Morgan fingerprint density at radius 2 is 1.05 bits per heavy atom. The standard InChI is InChI=1S/C16H36PS.HI/c1-5-8-12-17(13-9-6-2,14-10-7-3)15-11-16-18-4;/h5-16H2,1-4H3;1H/q+1;/p-1. The van der Waals surface area contributed by atoms with Crippen LogP contribution < -0.4 is 24.0 Å². The predicted octanol–water partition coefficient (Wildman–Crippen LogP) is 3.16. The molecule has 0 saturated carbocycles. The Hall–Kier alpha value is 1.51. The van der Waals surface area contributed by atoms with Gasteiger partial charge in [-0.15, -0.1) is 0 Å². The van der Waals surface area contributed by atoms with Crippen molar-refractivity contribution < 1.29 is 24.0 Å². The van der Waals surface area contributed by atoms with Gasteiger partial charge in [-0.2, -0.15) is 11.8 Å². The molecule has 0 unspecified atom stereocenters. The molecule has 3 heteroatoms. The van der Waals surface area contributed by atoms with E-state index in [1.807, 2.05) is 11.8 Å². The summed E-state index contributed by atoms with van der Waals surface area (Å²) in [5, 5.41) is 0. The molecule has 0 spiro atoms. The maximum atomic E-state index is 2.36. The molecule has 118 valence electrons. The predicted molar refractivity (Wildman–Crippen MR) is 94.1 cm³/mol. The number of thioether (sulfide) groups is 1. The molecule has 0 amide bonds. The molecule has 0 atom stereocenters. The van der Waals surface area contributed by atoms with Gasteiger partial charge in [0.1, 0.15) is 0 Å². The van der Waals surface area contributed by atoms with Gasteiger partial charge in [-0.1, -0.05) is 40.0 Å². The van der Waals surface area contributed by atoms with Gasteiger partial charge in [-0.05, 0) is 37.7 Å². The van der Waals surface area contributed by atoms with Crippen molar-refractivity contribution in [3.8, 4) is 0 Å². The highest BCUT2D eigenvalue weighted by Crippen LogP contribution is 2.61. The van der Waals surface area contributed by atoms with Crippen LogP contribution in [0.2, 0.25) is 0 Å². The summed E-state index contributed by atoms with van der Waals surface area (Å²) < 4.78 is 0. The van der Waals surface area contributed by atoms with Crippen LogP contribution in [-0.4, -0.2) is 36.7 Å². The molecule has 0 aliphatic heterocycles. The Balaban J connectivity index is 0. The molecule has 0 bridgehead atoms. The molecule has 0 aromatic heterocycles. The van der Waals surface area contributed by atoms with Crippen LogP contribution in [0.25, 0.3) is 0 Å². The van der Waals surface area contributed by atoms with Gasteiger partial charge in [0.05, 0.1) is 24.6 Å². The molecule has 0 aliphatic carbocycles. The van der Waals surface area contributed by atoms with E-state index in [0.29, 0.717) is 0 Å². The summed E-state index contributed by atoms with van der Waals surface area (Å²) in [5.74, 6) is 1.38. The number of unbranched alkanes of at least 4 members (excludes halogenated alkanes) is 3. The lowest BCUT2D eigenvalue weighted by Gasteiger charge is -2.28. The van der Waals surface area contributed by atoms with Gasteiger partial charge >= 0.3 is 0 Å². The topological polar surface area (TPSA) is 0 Å². The van der Waals surface area contributed by atoms with E-state index >= 15 is 0 Å². The summed E-state index contributed by atoms with van der Waals surface area (Å²) in [6, 6.07) is 0. The van der Waals surface area contributed by atoms with E-state index in [0.717, 1.165) is 0 Å². The highest BCUT2D eigenvalue weighted by Gasteiger charge is 2.34. The van der Waals surface area contributed by atoms with Crippen LogP contribution in [0.5, 0.6) is 0 Å². The molecule has 0 saturated heterocycles. The number of halogens is 1. The van der Waals surface area contributed by atoms with E-state index in [9.17, 15) is 0 Å². The summed E-state index contributed by atoms with van der Waals surface area (Å²) in [6.45, 7) is 7.07. The fourth-order valence-electron chi connectivity index (χ4n) is 2.70. The van der Waals surface area contributed by atoms with E-state index in [2.05, 4.69) is 27.0 Å². The van der Waals surface area contributed by atoms with Crippen molar-refractivity contribution in [2.75, 3.05) is 36.7 Å². The average Bonchev–Trinajstić information content (AvgIpc) is 2.40. The fourth-order valence-corrected chi connectivity index (χ4v) is 8.47. The van der Waals surface area contributed by atoms with Gasteiger partial charge in [0.15, 0.2) is 0 Å². The maximum Gasteiger partial charge on any atom is 0.0602 e. The van der Waals surface area contributed by atoms with Gasteiger partial charge in [-0.25, -0.2) is 0 Å². The number of hydrogen-bond acceptors (Lipinski definition) is 1. The lowest BCUT2D eigenvalue weighted by Crippen LogP contribution is -3.00. The summed E-state index contributed by atoms with van der Waals surface area (Å²) in [5.41, 5.74) is 0. The lowest BCUT2D eigenvalue weighted by molar-refractivity contribution is -0.00000416. The molecule has 0 N–H and O–H groups in total. The third kappa shape index (κ3) is 11.8. The van der Waals surface area contributed by atoms with Crippen molar-refractivity contribution in [2.45, 2.75) is 65.7 Å². The Labute approximate surface area is 145 Å². The van der Waals surface area contributed by atoms with E-state index in [1.54, 1.807) is 24.6 Å². The Bertz CT molecular complexity index is 154. The molecule has 0 fully saturated rings. The second-order valence-corrected chi connectivity index (χ2v) is 11.1. The second-order valence-electron chi connectivity index (χ2n) is 5.64. The largest absolute Gasteiger partial charge is 1.00 e. The van der Waals surface area contributed by atoms with Gasteiger partial charge < -0.3 is 24.0 Å². The third-order valence-electron chi connectivity index (χ3n) is 3.94. The molecule has 19 heavy (non-hydrogen) atoms. The zero-order chi connectivity index (χ0) is 13.7. The van der Waals surface area contributed by atoms with Crippen molar-refractivity contribution in [3.05, 3.63) is 0 Å². The van der Waals surface area contributed by atoms with Crippen molar-refractivity contribution >= 4 is 19.0 Å². The van der Waals surface area contributed by atoms with Crippen molar-refractivity contribution in [1.82, 2.24) is 0 Å². The molecule has 0 nitrogen and oxygen atoms in total. The van der Waals surface area contributed by atoms with Crippen LogP contribution in [0.4, 0.5) is 0 Å². The highest BCUT2D eigenvalue weighted by atomic mass is 127. The van der Waals surface area contributed by atoms with Crippen LogP contribution >= 0.6 is 19.0 Å². The molecule has 0 aliphatic rings. The first-order valence-corrected chi connectivity index (χ1v) is 12.0. The number of hydrogen-bond donors (Lipinski definition) is 0. The number of rotatable bonds is 13. The summed E-state index contributed by atoms with van der Waals surface area (Å²) in [4.78, 5) is 0. The fraction of sp³-hybridized carbons (Fsp3) is 1.00. The first-order chi connectivity index (χ1) is 8.74. The third-order valence-corrected chi connectivity index (χ3v) is 9.70. The highest BCUT2D eigenvalue weighted by molar-refractivity contribution is 7.98. The van der Waals surface area contributed by atoms with Gasteiger partial charge in [0, 0.05) is 7.26 Å².